The minimum absolute atomic E-state index is 0.0826. The van der Waals surface area contributed by atoms with Gasteiger partial charge in [-0.15, -0.1) is 0 Å². The molecule has 2 aromatic rings. The number of carbonyl (C=O) groups is 2. The van der Waals surface area contributed by atoms with Crippen LogP contribution in [0.25, 0.3) is 5.57 Å². The summed E-state index contributed by atoms with van der Waals surface area (Å²) in [5.41, 5.74) is 0.959. The van der Waals surface area contributed by atoms with Gasteiger partial charge in [0.25, 0.3) is 17.5 Å². The molecule has 0 aliphatic carbocycles. The number of imide groups is 1. The molecule has 2 aromatic carbocycles. The maximum atomic E-state index is 12.6. The van der Waals surface area contributed by atoms with Crippen LogP contribution in [0.3, 0.4) is 0 Å². The van der Waals surface area contributed by atoms with Gasteiger partial charge in [-0.1, -0.05) is 6.07 Å². The van der Waals surface area contributed by atoms with Gasteiger partial charge in [0.2, 0.25) is 0 Å². The van der Waals surface area contributed by atoms with Gasteiger partial charge < -0.3 is 4.74 Å². The van der Waals surface area contributed by atoms with Crippen LogP contribution in [0, 0.1) is 10.1 Å². The van der Waals surface area contributed by atoms with E-state index in [1.807, 2.05) is 0 Å². The molecule has 0 unspecified atom stereocenters. The number of hydrogen-bond acceptors (Lipinski definition) is 5. The van der Waals surface area contributed by atoms with Gasteiger partial charge >= 0.3 is 0 Å². The second-order valence-corrected chi connectivity index (χ2v) is 5.04. The van der Waals surface area contributed by atoms with Crippen LogP contribution in [-0.2, 0) is 9.59 Å². The molecule has 0 saturated carbocycles. The van der Waals surface area contributed by atoms with E-state index in [0.717, 1.165) is 4.90 Å². The summed E-state index contributed by atoms with van der Waals surface area (Å²) >= 11 is 0. The third-order valence-corrected chi connectivity index (χ3v) is 3.62. The quantitative estimate of drug-likeness (QED) is 0.490. The molecule has 0 spiro atoms. The first-order chi connectivity index (χ1) is 11.5. The van der Waals surface area contributed by atoms with Crippen LogP contribution in [0.1, 0.15) is 5.56 Å². The third kappa shape index (κ3) is 2.63. The fraction of sp³-hybridized carbons (Fsp3) is 0.0588. The zero-order valence-electron chi connectivity index (χ0n) is 12.6. The first-order valence-electron chi connectivity index (χ1n) is 7.00. The summed E-state index contributed by atoms with van der Waals surface area (Å²) in [4.78, 5) is 36.0. The summed E-state index contributed by atoms with van der Waals surface area (Å²) in [6, 6.07) is 12.1. The van der Waals surface area contributed by atoms with Crippen LogP contribution in [-0.4, -0.2) is 23.8 Å². The minimum Gasteiger partial charge on any atom is -0.497 e. The Morgan fingerprint density at radius 1 is 1.08 bits per heavy atom. The van der Waals surface area contributed by atoms with Gasteiger partial charge in [0.15, 0.2) is 0 Å². The van der Waals surface area contributed by atoms with Gasteiger partial charge in [-0.05, 0) is 29.8 Å². The maximum Gasteiger partial charge on any atom is 0.269 e. The molecule has 1 heterocycles. The van der Waals surface area contributed by atoms with Crippen molar-refractivity contribution in [2.45, 2.75) is 0 Å². The Bertz CT molecular complexity index is 871. The van der Waals surface area contributed by atoms with Crippen molar-refractivity contribution in [3.8, 4) is 5.75 Å². The Kier molecular flexibility index (Phi) is 3.83. The van der Waals surface area contributed by atoms with E-state index in [0.29, 0.717) is 17.0 Å². The number of benzene rings is 2. The number of carbonyl (C=O) groups excluding carboxylic acids is 2. The van der Waals surface area contributed by atoms with E-state index in [9.17, 15) is 19.7 Å². The second kappa shape index (κ2) is 5.96. The highest BCUT2D eigenvalue weighted by Gasteiger charge is 2.33. The second-order valence-electron chi connectivity index (χ2n) is 5.04. The number of ether oxygens (including phenoxy) is 1. The van der Waals surface area contributed by atoms with Gasteiger partial charge in [0.05, 0.1) is 23.3 Å². The highest BCUT2D eigenvalue weighted by Crippen LogP contribution is 2.30. The van der Waals surface area contributed by atoms with Crippen molar-refractivity contribution in [2.75, 3.05) is 12.0 Å². The minimum atomic E-state index is -0.525. The molecule has 7 nitrogen and oxygen atoms in total. The summed E-state index contributed by atoms with van der Waals surface area (Å²) in [6.07, 6.45) is 1.23. The van der Waals surface area contributed by atoms with Crippen LogP contribution >= 0.6 is 0 Å². The lowest BCUT2D eigenvalue weighted by molar-refractivity contribution is -0.384. The summed E-state index contributed by atoms with van der Waals surface area (Å²) in [6.45, 7) is 0. The molecule has 0 aromatic heterocycles. The number of non-ortho nitro benzene ring substituents is 1. The summed E-state index contributed by atoms with van der Waals surface area (Å²) in [5.74, 6) is -0.430. The number of nitrogens with zero attached hydrogens (tertiary/aromatic N) is 2. The van der Waals surface area contributed by atoms with Crippen LogP contribution < -0.4 is 9.64 Å². The number of nitro groups is 1. The topological polar surface area (TPSA) is 89.8 Å². The third-order valence-electron chi connectivity index (χ3n) is 3.62. The summed E-state index contributed by atoms with van der Waals surface area (Å²) in [5, 5.41) is 10.7. The molecule has 0 bridgehead atoms. The standard InChI is InChI=1S/C17H12N2O5/c1-24-14-4-2-3-13(9-14)18-16(20)10-15(17(18)21)11-5-7-12(8-6-11)19(22)23/h2-10H,1H3. The Morgan fingerprint density at radius 3 is 2.42 bits per heavy atom. The van der Waals surface area contributed by atoms with E-state index in [4.69, 9.17) is 4.74 Å². The van der Waals surface area contributed by atoms with Crippen LogP contribution in [0.5, 0.6) is 5.75 Å². The van der Waals surface area contributed by atoms with Crippen molar-refractivity contribution < 1.29 is 19.2 Å². The van der Waals surface area contributed by atoms with E-state index in [1.54, 1.807) is 24.3 Å². The Morgan fingerprint density at radius 2 is 1.79 bits per heavy atom. The van der Waals surface area contributed by atoms with Gasteiger partial charge in [-0.2, -0.15) is 0 Å². The van der Waals surface area contributed by atoms with E-state index in [2.05, 4.69) is 0 Å². The zero-order chi connectivity index (χ0) is 17.3. The normalized spacial score (nSPS) is 13.9. The first kappa shape index (κ1) is 15.4. The monoisotopic (exact) mass is 324 g/mol. The number of anilines is 1. The molecule has 3 rings (SSSR count). The molecule has 120 valence electrons. The smallest absolute Gasteiger partial charge is 0.269 e. The van der Waals surface area contributed by atoms with Crippen LogP contribution in [0.15, 0.2) is 54.6 Å². The fourth-order valence-corrected chi connectivity index (χ4v) is 2.43. The van der Waals surface area contributed by atoms with Gasteiger partial charge in [0.1, 0.15) is 5.75 Å². The maximum absolute atomic E-state index is 12.6. The molecule has 0 atom stereocenters. The van der Waals surface area contributed by atoms with E-state index in [1.165, 1.54) is 37.5 Å². The molecular weight excluding hydrogens is 312 g/mol. The Hall–Kier alpha value is -3.48. The SMILES string of the molecule is COc1cccc(N2C(=O)C=C(c3ccc([N+](=O)[O-])cc3)C2=O)c1. The van der Waals surface area contributed by atoms with E-state index >= 15 is 0 Å². The predicted molar refractivity (Wildman–Crippen MR) is 86.6 cm³/mol. The van der Waals surface area contributed by atoms with Crippen molar-refractivity contribution in [3.05, 3.63) is 70.3 Å². The zero-order valence-corrected chi connectivity index (χ0v) is 12.6. The highest BCUT2D eigenvalue weighted by molar-refractivity contribution is 6.43. The number of methoxy groups -OCH3 is 1. The lowest BCUT2D eigenvalue weighted by Gasteiger charge is -2.15. The largest absolute Gasteiger partial charge is 0.497 e. The lowest BCUT2D eigenvalue weighted by Crippen LogP contribution is -2.30. The van der Waals surface area contributed by atoms with Crippen molar-refractivity contribution in [1.29, 1.82) is 0 Å². The molecule has 7 heteroatoms. The van der Waals surface area contributed by atoms with Gasteiger partial charge in [0, 0.05) is 24.3 Å². The van der Waals surface area contributed by atoms with Crippen LogP contribution in [0.4, 0.5) is 11.4 Å². The molecule has 0 saturated heterocycles. The Balaban J connectivity index is 1.92. The average molecular weight is 324 g/mol. The molecule has 1 aliphatic heterocycles. The number of amides is 2. The fourth-order valence-electron chi connectivity index (χ4n) is 2.43. The molecule has 0 radical (unpaired) electrons. The first-order valence-corrected chi connectivity index (χ1v) is 7.00. The van der Waals surface area contributed by atoms with Crippen molar-refractivity contribution in [2.24, 2.45) is 0 Å². The highest BCUT2D eigenvalue weighted by atomic mass is 16.6. The lowest BCUT2D eigenvalue weighted by atomic mass is 10.1. The summed E-state index contributed by atoms with van der Waals surface area (Å²) < 4.78 is 5.10. The van der Waals surface area contributed by atoms with Gasteiger partial charge in [-0.3, -0.25) is 19.7 Å². The van der Waals surface area contributed by atoms with Crippen molar-refractivity contribution in [1.82, 2.24) is 0 Å². The number of rotatable bonds is 4. The number of hydrogen-bond donors (Lipinski definition) is 0. The average Bonchev–Trinajstić information content (AvgIpc) is 2.89. The molecule has 2 amide bonds. The van der Waals surface area contributed by atoms with Crippen molar-refractivity contribution in [3.63, 3.8) is 0 Å². The molecule has 0 fully saturated rings. The van der Waals surface area contributed by atoms with Crippen LogP contribution in [0.2, 0.25) is 0 Å². The molecule has 1 aliphatic rings. The van der Waals surface area contributed by atoms with Crippen molar-refractivity contribution >= 4 is 28.8 Å². The predicted octanol–water partition coefficient (Wildman–Crippen LogP) is 2.56. The Labute approximate surface area is 136 Å². The van der Waals surface area contributed by atoms with E-state index in [-0.39, 0.29) is 11.3 Å². The molecule has 24 heavy (non-hydrogen) atoms. The summed E-state index contributed by atoms with van der Waals surface area (Å²) in [7, 11) is 1.49. The molecule has 0 N–H and O–H groups in total. The van der Waals surface area contributed by atoms with E-state index < -0.39 is 16.7 Å². The number of nitro benzene ring substituents is 1. The molecular formula is C17H12N2O5. The van der Waals surface area contributed by atoms with Gasteiger partial charge in [-0.25, -0.2) is 4.90 Å².